The van der Waals surface area contributed by atoms with Crippen molar-refractivity contribution in [3.63, 3.8) is 0 Å². The summed E-state index contributed by atoms with van der Waals surface area (Å²) in [6.45, 7) is 5.72. The number of carbonyl (C=O) groups is 1. The number of H-pyrrole nitrogens is 1. The molecule has 0 spiro atoms. The Bertz CT molecular complexity index is 831. The number of nitrogens with one attached hydrogen (secondary N) is 2. The highest BCUT2D eigenvalue weighted by atomic mass is 16.2. The molecule has 0 fully saturated rings. The smallest absolute Gasteiger partial charge is 0.317 e. The van der Waals surface area contributed by atoms with Crippen LogP contribution in [0.15, 0.2) is 30.5 Å². The van der Waals surface area contributed by atoms with Gasteiger partial charge in [0.15, 0.2) is 0 Å². The molecule has 1 aromatic heterocycles. The van der Waals surface area contributed by atoms with Crippen LogP contribution in [0.5, 0.6) is 0 Å². The van der Waals surface area contributed by atoms with Gasteiger partial charge in [0.1, 0.15) is 0 Å². The average Bonchev–Trinajstić information content (AvgIpc) is 3.09. The normalized spacial score (nSPS) is 19.7. The summed E-state index contributed by atoms with van der Waals surface area (Å²) in [7, 11) is 0. The summed E-state index contributed by atoms with van der Waals surface area (Å²) in [6, 6.07) is 6.93. The standard InChI is InChI=1S/C21H26N4O/c1-14-9-15(2)11-17(10-14)16-5-7-25(8-6-16)21(26)23-19-3-4-20-18(12-19)13-22-24-20/h5,9-11,13,19H,3-4,6-8,12H2,1-2H3,(H,22,24)(H,23,26). The summed E-state index contributed by atoms with van der Waals surface area (Å²) in [4.78, 5) is 14.5. The van der Waals surface area contributed by atoms with E-state index in [0.717, 1.165) is 32.2 Å². The number of rotatable bonds is 2. The van der Waals surface area contributed by atoms with E-state index in [2.05, 4.69) is 53.6 Å². The maximum Gasteiger partial charge on any atom is 0.317 e. The third-order valence-corrected chi connectivity index (χ3v) is 5.43. The van der Waals surface area contributed by atoms with Crippen LogP contribution in [-0.2, 0) is 12.8 Å². The maximum absolute atomic E-state index is 12.6. The van der Waals surface area contributed by atoms with Gasteiger partial charge in [-0.15, -0.1) is 0 Å². The van der Waals surface area contributed by atoms with E-state index in [0.29, 0.717) is 6.54 Å². The number of amides is 2. The fourth-order valence-corrected chi connectivity index (χ4v) is 4.08. The number of hydrogen-bond acceptors (Lipinski definition) is 2. The van der Waals surface area contributed by atoms with Gasteiger partial charge in [-0.1, -0.05) is 35.4 Å². The minimum atomic E-state index is 0.0534. The largest absolute Gasteiger partial charge is 0.335 e. The predicted octanol–water partition coefficient (Wildman–Crippen LogP) is 3.38. The molecule has 1 aliphatic heterocycles. The number of nitrogens with zero attached hydrogens (tertiary/aromatic N) is 2. The van der Waals surface area contributed by atoms with Crippen LogP contribution < -0.4 is 5.32 Å². The first-order valence-electron chi connectivity index (χ1n) is 9.43. The van der Waals surface area contributed by atoms with Crippen molar-refractivity contribution in [2.24, 2.45) is 0 Å². The molecule has 0 radical (unpaired) electrons. The fraction of sp³-hybridized carbons (Fsp3) is 0.429. The van der Waals surface area contributed by atoms with E-state index in [1.165, 1.54) is 33.5 Å². The lowest BCUT2D eigenvalue weighted by Crippen LogP contribution is -2.47. The van der Waals surface area contributed by atoms with Crippen molar-refractivity contribution in [1.29, 1.82) is 0 Å². The van der Waals surface area contributed by atoms with E-state index in [1.54, 1.807) is 0 Å². The highest BCUT2D eigenvalue weighted by Gasteiger charge is 2.24. The van der Waals surface area contributed by atoms with Gasteiger partial charge in [-0.25, -0.2) is 4.79 Å². The molecule has 1 aliphatic carbocycles. The maximum atomic E-state index is 12.6. The summed E-state index contributed by atoms with van der Waals surface area (Å²) in [5.41, 5.74) is 7.67. The SMILES string of the molecule is Cc1cc(C)cc(C2=CCN(C(=O)NC3CCc4[nH]ncc4C3)CC2)c1. The molecular formula is C21H26N4O. The molecule has 5 nitrogen and oxygen atoms in total. The molecule has 0 saturated heterocycles. The van der Waals surface area contributed by atoms with Crippen molar-refractivity contribution in [3.05, 3.63) is 58.4 Å². The highest BCUT2D eigenvalue weighted by molar-refractivity contribution is 5.77. The minimum absolute atomic E-state index is 0.0534. The molecule has 2 amide bonds. The molecule has 2 aliphatic rings. The van der Waals surface area contributed by atoms with E-state index < -0.39 is 0 Å². The van der Waals surface area contributed by atoms with Crippen molar-refractivity contribution in [2.75, 3.05) is 13.1 Å². The number of hydrogen-bond donors (Lipinski definition) is 2. The Labute approximate surface area is 154 Å². The Morgan fingerprint density at radius 1 is 1.23 bits per heavy atom. The van der Waals surface area contributed by atoms with Gasteiger partial charge in [0.05, 0.1) is 6.20 Å². The van der Waals surface area contributed by atoms with Gasteiger partial charge in [0.25, 0.3) is 0 Å². The second-order valence-corrected chi connectivity index (χ2v) is 7.56. The molecule has 2 heterocycles. The number of fused-ring (bicyclic) bond motifs is 1. The van der Waals surface area contributed by atoms with E-state index in [1.807, 2.05) is 11.1 Å². The van der Waals surface area contributed by atoms with Crippen LogP contribution in [0.3, 0.4) is 0 Å². The summed E-state index contributed by atoms with van der Waals surface area (Å²) < 4.78 is 0. The molecule has 2 N–H and O–H groups in total. The van der Waals surface area contributed by atoms with Crippen molar-refractivity contribution in [2.45, 2.75) is 45.6 Å². The number of benzene rings is 1. The molecule has 136 valence electrons. The van der Waals surface area contributed by atoms with E-state index in [4.69, 9.17) is 0 Å². The van der Waals surface area contributed by atoms with Crippen LogP contribution in [0.25, 0.3) is 5.57 Å². The Kier molecular flexibility index (Phi) is 4.53. The number of aromatic amines is 1. The molecule has 26 heavy (non-hydrogen) atoms. The van der Waals surface area contributed by atoms with Crippen molar-refractivity contribution in [1.82, 2.24) is 20.4 Å². The molecule has 4 rings (SSSR count). The molecule has 5 heteroatoms. The van der Waals surface area contributed by atoms with Crippen LogP contribution in [0.2, 0.25) is 0 Å². The van der Waals surface area contributed by atoms with Gasteiger partial charge < -0.3 is 10.2 Å². The zero-order valence-corrected chi connectivity index (χ0v) is 15.5. The summed E-state index contributed by atoms with van der Waals surface area (Å²) >= 11 is 0. The average molecular weight is 350 g/mol. The van der Waals surface area contributed by atoms with Crippen LogP contribution in [-0.4, -0.2) is 40.3 Å². The molecule has 2 aromatic rings. The predicted molar refractivity (Wildman–Crippen MR) is 103 cm³/mol. The van der Waals surface area contributed by atoms with E-state index in [-0.39, 0.29) is 12.1 Å². The second kappa shape index (κ2) is 6.98. The van der Waals surface area contributed by atoms with Crippen LogP contribution in [0.1, 0.15) is 40.8 Å². The Hall–Kier alpha value is -2.56. The number of aryl methyl sites for hydroxylation is 3. The lowest BCUT2D eigenvalue weighted by molar-refractivity contribution is 0.197. The minimum Gasteiger partial charge on any atom is -0.335 e. The summed E-state index contributed by atoms with van der Waals surface area (Å²) in [5, 5.41) is 10.4. The van der Waals surface area contributed by atoms with Gasteiger partial charge in [0, 0.05) is 24.8 Å². The molecule has 1 atom stereocenters. The second-order valence-electron chi connectivity index (χ2n) is 7.56. The first-order chi connectivity index (χ1) is 12.6. The first-order valence-corrected chi connectivity index (χ1v) is 9.43. The lowest BCUT2D eigenvalue weighted by atomic mass is 9.93. The Morgan fingerprint density at radius 3 is 2.77 bits per heavy atom. The zero-order valence-electron chi connectivity index (χ0n) is 15.5. The number of carbonyl (C=O) groups excluding carboxylic acids is 1. The topological polar surface area (TPSA) is 61.0 Å². The zero-order chi connectivity index (χ0) is 18.1. The van der Waals surface area contributed by atoms with Crippen molar-refractivity contribution >= 4 is 11.6 Å². The molecule has 1 unspecified atom stereocenters. The monoisotopic (exact) mass is 350 g/mol. The van der Waals surface area contributed by atoms with Crippen LogP contribution in [0, 0.1) is 13.8 Å². The van der Waals surface area contributed by atoms with Gasteiger partial charge >= 0.3 is 6.03 Å². The molecular weight excluding hydrogens is 324 g/mol. The first kappa shape index (κ1) is 16.9. The Morgan fingerprint density at radius 2 is 2.04 bits per heavy atom. The van der Waals surface area contributed by atoms with Gasteiger partial charge in [-0.05, 0) is 56.2 Å². The third kappa shape index (κ3) is 3.52. The van der Waals surface area contributed by atoms with Gasteiger partial charge in [0.2, 0.25) is 0 Å². The quantitative estimate of drug-likeness (QED) is 0.872. The molecule has 1 aromatic carbocycles. The van der Waals surface area contributed by atoms with E-state index >= 15 is 0 Å². The highest BCUT2D eigenvalue weighted by Crippen LogP contribution is 2.25. The summed E-state index contributed by atoms with van der Waals surface area (Å²) in [6.07, 6.45) is 7.79. The van der Waals surface area contributed by atoms with Crippen molar-refractivity contribution in [3.8, 4) is 0 Å². The molecule has 0 saturated carbocycles. The van der Waals surface area contributed by atoms with Gasteiger partial charge in [-0.2, -0.15) is 5.10 Å². The number of aromatic nitrogens is 2. The third-order valence-electron chi connectivity index (χ3n) is 5.43. The molecule has 0 bridgehead atoms. The van der Waals surface area contributed by atoms with Crippen molar-refractivity contribution < 1.29 is 4.79 Å². The number of urea groups is 1. The fourth-order valence-electron chi connectivity index (χ4n) is 4.08. The van der Waals surface area contributed by atoms with Crippen LogP contribution in [0.4, 0.5) is 4.79 Å². The van der Waals surface area contributed by atoms with E-state index in [9.17, 15) is 4.79 Å². The van der Waals surface area contributed by atoms with Crippen LogP contribution >= 0.6 is 0 Å². The van der Waals surface area contributed by atoms with Gasteiger partial charge in [-0.3, -0.25) is 5.10 Å². The summed E-state index contributed by atoms with van der Waals surface area (Å²) in [5.74, 6) is 0. The lowest BCUT2D eigenvalue weighted by Gasteiger charge is -2.30. The Balaban J connectivity index is 1.37.